The molecule has 1 rings (SSSR count). The summed E-state index contributed by atoms with van der Waals surface area (Å²) >= 11 is 0. The molecule has 0 bridgehead atoms. The summed E-state index contributed by atoms with van der Waals surface area (Å²) in [6.07, 6.45) is -5.88. The zero-order valence-electron chi connectivity index (χ0n) is 5.66. The molecule has 1 N–H and O–H groups in total. The Morgan fingerprint density at radius 1 is 1.00 bits per heavy atom. The lowest BCUT2D eigenvalue weighted by Crippen LogP contribution is -2.34. The summed E-state index contributed by atoms with van der Waals surface area (Å²) in [5.41, 5.74) is -2.06. The number of nitrogens with zero attached hydrogens (tertiary/aromatic N) is 2. The smallest absolute Gasteiger partial charge is 0.195 e. The van der Waals surface area contributed by atoms with Gasteiger partial charge < -0.3 is 0 Å². The summed E-state index contributed by atoms with van der Waals surface area (Å²) in [5, 5.41) is 6.11. The highest BCUT2D eigenvalue weighted by molar-refractivity contribution is 5.06. The Bertz CT molecular complexity index is 301. The lowest BCUT2D eigenvalue weighted by atomic mass is 10.2. The van der Waals surface area contributed by atoms with Gasteiger partial charge in [0.1, 0.15) is 0 Å². The minimum absolute atomic E-state index is 1.32. The van der Waals surface area contributed by atoms with Crippen molar-refractivity contribution >= 4 is 0 Å². The van der Waals surface area contributed by atoms with Crippen LogP contribution in [0.25, 0.3) is 0 Å². The summed E-state index contributed by atoms with van der Waals surface area (Å²) in [6, 6.07) is 0. The molecule has 0 saturated carbocycles. The van der Waals surface area contributed by atoms with E-state index in [2.05, 4.69) is 10.2 Å². The van der Waals surface area contributed by atoms with Gasteiger partial charge in [0.25, 0.3) is 5.95 Å². The zero-order chi connectivity index (χ0) is 10.3. The average molecular weight is 205 g/mol. The van der Waals surface area contributed by atoms with Crippen molar-refractivity contribution < 1.29 is 26.3 Å². The van der Waals surface area contributed by atoms with E-state index in [1.807, 2.05) is 0 Å². The predicted octanol–water partition coefficient (Wildman–Crippen LogP) is 1.60. The van der Waals surface area contributed by atoms with Crippen LogP contribution in [0.3, 0.4) is 0 Å². The molecule has 1 aromatic heterocycles. The highest BCUT2D eigenvalue weighted by Gasteiger charge is 2.62. The van der Waals surface area contributed by atoms with E-state index in [1.165, 1.54) is 5.21 Å². The second kappa shape index (κ2) is 2.60. The zero-order valence-corrected chi connectivity index (χ0v) is 5.66. The quantitative estimate of drug-likeness (QED) is 0.707. The second-order valence-corrected chi connectivity index (χ2v) is 2.04. The van der Waals surface area contributed by atoms with Gasteiger partial charge in [0.2, 0.25) is 0 Å². The van der Waals surface area contributed by atoms with Gasteiger partial charge in [-0.25, -0.2) is 0 Å². The second-order valence-electron chi connectivity index (χ2n) is 2.04. The Morgan fingerprint density at radius 2 is 1.54 bits per heavy atom. The third-order valence-corrected chi connectivity index (χ3v) is 1.16. The molecule has 0 spiro atoms. The van der Waals surface area contributed by atoms with E-state index >= 15 is 0 Å². The summed E-state index contributed by atoms with van der Waals surface area (Å²) in [6.45, 7) is 0. The van der Waals surface area contributed by atoms with Crippen LogP contribution in [0.15, 0.2) is 0 Å². The summed E-state index contributed by atoms with van der Waals surface area (Å²) in [5.74, 6) is -7.30. The molecule has 0 atom stereocenters. The molecule has 0 aliphatic heterocycles. The maximum atomic E-state index is 12.3. The monoisotopic (exact) mass is 205 g/mol. The van der Waals surface area contributed by atoms with E-state index in [-0.39, 0.29) is 0 Å². The molecular formula is C4HF6N3. The van der Waals surface area contributed by atoms with Gasteiger partial charge in [-0.3, -0.25) is 0 Å². The van der Waals surface area contributed by atoms with Gasteiger partial charge in [-0.15, -0.1) is 5.10 Å². The Morgan fingerprint density at radius 3 is 1.85 bits per heavy atom. The molecule has 0 unspecified atom stereocenters. The molecule has 13 heavy (non-hydrogen) atoms. The standard InChI is InChI=1S/C4HF6N3/c5-2-1(11-13-12-2)3(6,7)4(8,9)10/h(H,11,12,13). The minimum Gasteiger partial charge on any atom is -0.195 e. The van der Waals surface area contributed by atoms with E-state index < -0.39 is 23.7 Å². The van der Waals surface area contributed by atoms with Crippen LogP contribution in [0.5, 0.6) is 0 Å². The topological polar surface area (TPSA) is 41.6 Å². The van der Waals surface area contributed by atoms with Crippen molar-refractivity contribution in [3.05, 3.63) is 11.6 Å². The number of aromatic amines is 1. The number of hydrogen-bond donors (Lipinski definition) is 1. The summed E-state index contributed by atoms with van der Waals surface area (Å²) in [7, 11) is 0. The van der Waals surface area contributed by atoms with Gasteiger partial charge in [-0.05, 0) is 0 Å². The molecule has 1 heterocycles. The first-order valence-electron chi connectivity index (χ1n) is 2.78. The van der Waals surface area contributed by atoms with Crippen molar-refractivity contribution in [1.29, 1.82) is 0 Å². The van der Waals surface area contributed by atoms with Gasteiger partial charge in [0.05, 0.1) is 0 Å². The Labute approximate surface area is 66.7 Å². The highest BCUT2D eigenvalue weighted by atomic mass is 19.4. The van der Waals surface area contributed by atoms with Crippen LogP contribution in [0.1, 0.15) is 5.69 Å². The first-order chi connectivity index (χ1) is 5.77. The number of aromatic nitrogens is 3. The van der Waals surface area contributed by atoms with E-state index in [0.717, 1.165) is 0 Å². The predicted molar refractivity (Wildman–Crippen MR) is 26.3 cm³/mol. The fourth-order valence-electron chi connectivity index (χ4n) is 0.552. The van der Waals surface area contributed by atoms with Gasteiger partial charge in [0.15, 0.2) is 5.69 Å². The lowest BCUT2D eigenvalue weighted by Gasteiger charge is -2.16. The van der Waals surface area contributed by atoms with Crippen LogP contribution in [0.4, 0.5) is 26.3 Å². The van der Waals surface area contributed by atoms with Gasteiger partial charge in [-0.2, -0.15) is 36.7 Å². The fraction of sp³-hybridized carbons (Fsp3) is 0.500. The lowest BCUT2D eigenvalue weighted by molar-refractivity contribution is -0.292. The van der Waals surface area contributed by atoms with Crippen molar-refractivity contribution in [3.8, 4) is 0 Å². The normalized spacial score (nSPS) is 13.4. The molecule has 0 aromatic carbocycles. The van der Waals surface area contributed by atoms with Crippen molar-refractivity contribution in [1.82, 2.24) is 15.4 Å². The van der Waals surface area contributed by atoms with Crippen molar-refractivity contribution in [2.75, 3.05) is 0 Å². The molecule has 74 valence electrons. The van der Waals surface area contributed by atoms with Crippen LogP contribution in [0, 0.1) is 5.95 Å². The molecule has 0 fully saturated rings. The maximum Gasteiger partial charge on any atom is 0.460 e. The molecule has 9 heteroatoms. The molecule has 1 aromatic rings. The Balaban J connectivity index is 3.15. The van der Waals surface area contributed by atoms with Crippen LogP contribution >= 0.6 is 0 Å². The van der Waals surface area contributed by atoms with Crippen LogP contribution in [-0.2, 0) is 5.92 Å². The molecule has 0 aliphatic carbocycles. The molecule has 0 amide bonds. The summed E-state index contributed by atoms with van der Waals surface area (Å²) in [4.78, 5) is 0. The number of halogens is 6. The molecule has 3 nitrogen and oxygen atoms in total. The van der Waals surface area contributed by atoms with Crippen molar-refractivity contribution in [3.63, 3.8) is 0 Å². The largest absolute Gasteiger partial charge is 0.460 e. The van der Waals surface area contributed by atoms with Crippen LogP contribution < -0.4 is 0 Å². The first-order valence-corrected chi connectivity index (χ1v) is 2.78. The number of rotatable bonds is 1. The Hall–Kier alpha value is -1.28. The first kappa shape index (κ1) is 9.81. The van der Waals surface area contributed by atoms with Crippen LogP contribution in [0.2, 0.25) is 0 Å². The van der Waals surface area contributed by atoms with E-state index in [4.69, 9.17) is 0 Å². The summed E-state index contributed by atoms with van der Waals surface area (Å²) < 4.78 is 71.5. The highest BCUT2D eigenvalue weighted by Crippen LogP contribution is 2.43. The van der Waals surface area contributed by atoms with Crippen molar-refractivity contribution in [2.24, 2.45) is 0 Å². The molecule has 0 radical (unpaired) electrons. The van der Waals surface area contributed by atoms with Gasteiger partial charge in [0, 0.05) is 0 Å². The van der Waals surface area contributed by atoms with E-state index in [0.29, 0.717) is 0 Å². The Kier molecular flexibility index (Phi) is 1.96. The number of nitrogens with one attached hydrogen (secondary N) is 1. The number of hydrogen-bond acceptors (Lipinski definition) is 2. The van der Waals surface area contributed by atoms with E-state index in [9.17, 15) is 26.3 Å². The maximum absolute atomic E-state index is 12.3. The number of H-pyrrole nitrogens is 1. The minimum atomic E-state index is -5.88. The fourth-order valence-corrected chi connectivity index (χ4v) is 0.552. The molecular weight excluding hydrogens is 204 g/mol. The van der Waals surface area contributed by atoms with Gasteiger partial charge in [-0.1, -0.05) is 0 Å². The third kappa shape index (κ3) is 1.45. The average Bonchev–Trinajstić information content (AvgIpc) is 2.32. The SMILES string of the molecule is Fc1n[nH]nc1C(F)(F)C(F)(F)F. The molecule has 0 aliphatic rings. The number of alkyl halides is 5. The van der Waals surface area contributed by atoms with E-state index in [1.54, 1.807) is 0 Å². The van der Waals surface area contributed by atoms with Crippen molar-refractivity contribution in [2.45, 2.75) is 12.1 Å². The third-order valence-electron chi connectivity index (χ3n) is 1.16. The van der Waals surface area contributed by atoms with Crippen LogP contribution in [-0.4, -0.2) is 21.6 Å². The van der Waals surface area contributed by atoms with Gasteiger partial charge >= 0.3 is 12.1 Å². The molecule has 0 saturated heterocycles.